The normalized spacial score (nSPS) is 9.62. The molecule has 0 atom stereocenters. The van der Waals surface area contributed by atoms with Gasteiger partial charge < -0.3 is 15.6 Å². The van der Waals surface area contributed by atoms with Gasteiger partial charge in [0.1, 0.15) is 0 Å². The lowest BCUT2D eigenvalue weighted by Gasteiger charge is -1.90. The van der Waals surface area contributed by atoms with Crippen molar-refractivity contribution in [1.82, 2.24) is 0 Å². The topological polar surface area (TPSA) is 66.2 Å². The average molecular weight is 180 g/mol. The highest BCUT2D eigenvalue weighted by molar-refractivity contribution is 5.78. The van der Waals surface area contributed by atoms with Crippen molar-refractivity contribution in [2.75, 3.05) is 0 Å². The van der Waals surface area contributed by atoms with Crippen LogP contribution in [0.4, 0.5) is 0 Å². The Bertz CT molecular complexity index is 250. The lowest BCUT2D eigenvalue weighted by atomic mass is 10.5. The molecule has 0 unspecified atom stereocenters. The van der Waals surface area contributed by atoms with E-state index in [9.17, 15) is 9.90 Å². The molecule has 0 amide bonds. The highest BCUT2D eigenvalue weighted by atomic mass is 16.4. The number of hydrogen-bond acceptors (Lipinski definition) is 3. The maximum atomic E-state index is 9.54. The van der Waals surface area contributed by atoms with Crippen LogP contribution in [0.5, 0.6) is 0 Å². The van der Waals surface area contributed by atoms with Crippen LogP contribution < -0.4 is 10.8 Å². The molecule has 0 saturated heterocycles. The number of aliphatic carboxylic acids is 1. The van der Waals surface area contributed by atoms with Gasteiger partial charge >= 0.3 is 0 Å². The molecule has 3 heteroatoms. The Morgan fingerprint density at radius 2 is 2.08 bits per heavy atom. The van der Waals surface area contributed by atoms with E-state index >= 15 is 0 Å². The molecule has 0 spiro atoms. The zero-order valence-electron chi connectivity index (χ0n) is 8.13. The van der Waals surface area contributed by atoms with Crippen LogP contribution in [0.15, 0.2) is 23.9 Å². The lowest BCUT2D eigenvalue weighted by molar-refractivity contribution is -0.297. The quantitative estimate of drug-likeness (QED) is 0.462. The highest BCUT2D eigenvalue weighted by Gasteiger charge is 1.73. The van der Waals surface area contributed by atoms with Crippen LogP contribution in [-0.4, -0.2) is 5.97 Å². The van der Waals surface area contributed by atoms with Gasteiger partial charge in [0.05, 0.1) is 5.97 Å². The Labute approximate surface area is 78.9 Å². The van der Waals surface area contributed by atoms with Crippen molar-refractivity contribution in [3.63, 3.8) is 0 Å². The molecule has 0 aliphatic heterocycles. The van der Waals surface area contributed by atoms with Crippen LogP contribution >= 0.6 is 0 Å². The van der Waals surface area contributed by atoms with Crippen molar-refractivity contribution in [3.8, 4) is 11.8 Å². The van der Waals surface area contributed by atoms with E-state index in [0.717, 1.165) is 6.08 Å². The van der Waals surface area contributed by atoms with Crippen LogP contribution in [0.25, 0.3) is 0 Å². The fourth-order valence-electron chi connectivity index (χ4n) is 0.353. The molecule has 0 saturated carbocycles. The summed E-state index contributed by atoms with van der Waals surface area (Å²) in [5, 5.41) is 9.54. The van der Waals surface area contributed by atoms with Gasteiger partial charge in [-0.05, 0) is 32.9 Å². The van der Waals surface area contributed by atoms with Crippen molar-refractivity contribution in [3.05, 3.63) is 23.9 Å². The van der Waals surface area contributed by atoms with Crippen LogP contribution in [0.2, 0.25) is 0 Å². The van der Waals surface area contributed by atoms with E-state index in [4.69, 9.17) is 5.73 Å². The van der Waals surface area contributed by atoms with E-state index < -0.39 is 5.97 Å². The third-order valence-electron chi connectivity index (χ3n) is 0.740. The summed E-state index contributed by atoms with van der Waals surface area (Å²) in [4.78, 5) is 9.54. The first-order chi connectivity index (χ1) is 6.04. The Morgan fingerprint density at radius 1 is 1.54 bits per heavy atom. The molecule has 0 radical (unpaired) electrons. The summed E-state index contributed by atoms with van der Waals surface area (Å²) >= 11 is 0. The summed E-state index contributed by atoms with van der Waals surface area (Å²) in [6, 6.07) is 0. The molecule has 0 bridgehead atoms. The summed E-state index contributed by atoms with van der Waals surface area (Å²) in [6.45, 7) is 5.25. The molecule has 0 fully saturated rings. The van der Waals surface area contributed by atoms with E-state index in [-0.39, 0.29) is 5.70 Å². The monoisotopic (exact) mass is 180 g/mol. The molecule has 0 aliphatic rings. The minimum absolute atomic E-state index is 0.250. The molecular formula is C10H14NO2-. The number of nitrogens with two attached hydrogens (primary N) is 1. The third-order valence-corrected chi connectivity index (χ3v) is 0.740. The zero-order valence-corrected chi connectivity index (χ0v) is 8.13. The second-order valence-corrected chi connectivity index (χ2v) is 2.10. The minimum atomic E-state index is -1.25. The lowest BCUT2D eigenvalue weighted by Crippen LogP contribution is -2.20. The van der Waals surface area contributed by atoms with Crippen molar-refractivity contribution < 1.29 is 9.90 Å². The molecule has 0 aromatic rings. The average Bonchev–Trinajstić information content (AvgIpc) is 1.99. The van der Waals surface area contributed by atoms with E-state index in [1.54, 1.807) is 0 Å². The number of rotatable bonds is 1. The van der Waals surface area contributed by atoms with Crippen LogP contribution in [0.3, 0.4) is 0 Å². The van der Waals surface area contributed by atoms with Gasteiger partial charge in [0.25, 0.3) is 0 Å². The number of hydrogen-bond donors (Lipinski definition) is 1. The second kappa shape index (κ2) is 10.3. The number of allylic oxidation sites excluding steroid dienone is 3. The van der Waals surface area contributed by atoms with Gasteiger partial charge in [-0.1, -0.05) is 12.0 Å². The van der Waals surface area contributed by atoms with Gasteiger partial charge in [-0.3, -0.25) is 0 Å². The fraction of sp³-hybridized carbons (Fsp3) is 0.300. The summed E-state index contributed by atoms with van der Waals surface area (Å²) in [5.74, 6) is 4.25. The molecule has 72 valence electrons. The number of carbonyl (C=O) groups is 1. The second-order valence-electron chi connectivity index (χ2n) is 2.10. The van der Waals surface area contributed by atoms with Gasteiger partial charge in [-0.15, -0.1) is 5.92 Å². The van der Waals surface area contributed by atoms with Crippen molar-refractivity contribution in [1.29, 1.82) is 0 Å². The standard InChI is InChI=1S/C6H8.C4H7NO2/c1-3-5-6-4-2;1-3(5)2-4(6)7/h3,5H,1-2H3;2H,5H2,1H3,(H,6,7)/p-1/b5-3+;3-2-. The zero-order chi connectivity index (χ0) is 10.7. The summed E-state index contributed by atoms with van der Waals surface area (Å²) < 4.78 is 0. The van der Waals surface area contributed by atoms with Crippen LogP contribution in [0.1, 0.15) is 20.8 Å². The SMILES string of the molecule is C/C(N)=C/C(=O)[O-].CC#C/C=C/C. The first kappa shape index (κ1) is 13.9. The molecule has 0 aliphatic carbocycles. The Morgan fingerprint density at radius 3 is 2.15 bits per heavy atom. The molecule has 13 heavy (non-hydrogen) atoms. The molecular weight excluding hydrogens is 166 g/mol. The van der Waals surface area contributed by atoms with Gasteiger partial charge in [0, 0.05) is 5.70 Å². The Kier molecular flexibility index (Phi) is 11.0. The molecule has 0 aromatic heterocycles. The number of carboxylic acids is 1. The fourth-order valence-corrected chi connectivity index (χ4v) is 0.353. The Hall–Kier alpha value is -1.69. The van der Waals surface area contributed by atoms with Gasteiger partial charge in [0.15, 0.2) is 0 Å². The summed E-state index contributed by atoms with van der Waals surface area (Å²) in [5.41, 5.74) is 5.18. The van der Waals surface area contributed by atoms with E-state index in [2.05, 4.69) is 11.8 Å². The number of carboxylic acid groups (broad SMARTS) is 1. The molecule has 3 nitrogen and oxygen atoms in total. The first-order valence-electron chi connectivity index (χ1n) is 3.72. The van der Waals surface area contributed by atoms with Crippen molar-refractivity contribution >= 4 is 5.97 Å². The van der Waals surface area contributed by atoms with E-state index in [0.29, 0.717) is 0 Å². The van der Waals surface area contributed by atoms with Crippen LogP contribution in [-0.2, 0) is 4.79 Å². The van der Waals surface area contributed by atoms with Gasteiger partial charge in [0.2, 0.25) is 0 Å². The Balaban J connectivity index is 0. The maximum Gasteiger partial charge on any atom is 0.0659 e. The van der Waals surface area contributed by atoms with Gasteiger partial charge in [-0.25, -0.2) is 0 Å². The predicted molar refractivity (Wildman–Crippen MR) is 51.2 cm³/mol. The molecule has 2 N–H and O–H groups in total. The molecule has 0 rings (SSSR count). The van der Waals surface area contributed by atoms with E-state index in [1.165, 1.54) is 6.92 Å². The smallest absolute Gasteiger partial charge is 0.0659 e. The van der Waals surface area contributed by atoms with Gasteiger partial charge in [-0.2, -0.15) is 0 Å². The summed E-state index contributed by atoms with van der Waals surface area (Å²) in [7, 11) is 0. The van der Waals surface area contributed by atoms with Crippen LogP contribution in [0, 0.1) is 11.8 Å². The largest absolute Gasteiger partial charge is 0.545 e. The minimum Gasteiger partial charge on any atom is -0.545 e. The van der Waals surface area contributed by atoms with Crippen molar-refractivity contribution in [2.45, 2.75) is 20.8 Å². The van der Waals surface area contributed by atoms with Crippen molar-refractivity contribution in [2.24, 2.45) is 5.73 Å². The molecule has 0 heterocycles. The highest BCUT2D eigenvalue weighted by Crippen LogP contribution is 1.73. The number of carbonyl (C=O) groups excluding carboxylic acids is 1. The maximum absolute atomic E-state index is 9.54. The van der Waals surface area contributed by atoms with E-state index in [1.807, 2.05) is 26.0 Å². The third kappa shape index (κ3) is 25.3. The first-order valence-corrected chi connectivity index (χ1v) is 3.72. The summed E-state index contributed by atoms with van der Waals surface area (Å²) in [6.07, 6.45) is 4.57. The molecule has 0 aromatic carbocycles. The predicted octanol–water partition coefficient (Wildman–Crippen LogP) is 0.185.